The highest BCUT2D eigenvalue weighted by molar-refractivity contribution is 5.75. The number of nitriles is 1. The van der Waals surface area contributed by atoms with Crippen molar-refractivity contribution in [3.8, 4) is 34.7 Å². The molecule has 5 N–H and O–H groups in total. The van der Waals surface area contributed by atoms with Gasteiger partial charge in [-0.15, -0.1) is 5.10 Å². The molecule has 9 nitrogen and oxygen atoms in total. The van der Waals surface area contributed by atoms with Gasteiger partial charge in [0, 0.05) is 5.56 Å². The molecule has 1 atom stereocenters. The maximum Gasteiger partial charge on any atom is 0.255 e. The van der Waals surface area contributed by atoms with Crippen LogP contribution in [0.3, 0.4) is 0 Å². The summed E-state index contributed by atoms with van der Waals surface area (Å²) in [5, 5.41) is 17.1. The van der Waals surface area contributed by atoms with Crippen molar-refractivity contribution in [3.05, 3.63) is 71.1 Å². The molecule has 1 amide bonds. The molecule has 162 valence electrons. The minimum absolute atomic E-state index is 0.0156. The number of benzene rings is 2. The first kappa shape index (κ1) is 20.8. The number of amides is 1. The number of hydrogen-bond donors (Lipinski definition) is 3. The number of aromatic nitrogens is 2. The average molecular weight is 431 g/mol. The van der Waals surface area contributed by atoms with E-state index in [-0.39, 0.29) is 18.1 Å². The largest absolute Gasteiger partial charge is 0.494 e. The number of carbonyl (C=O) groups is 1. The maximum atomic E-state index is 11.1. The van der Waals surface area contributed by atoms with E-state index < -0.39 is 11.8 Å². The average Bonchev–Trinajstić information content (AvgIpc) is 3.21. The van der Waals surface area contributed by atoms with Crippen molar-refractivity contribution in [2.75, 3.05) is 13.2 Å². The predicted octanol–water partition coefficient (Wildman–Crippen LogP) is 2.56. The second-order valence-electron chi connectivity index (χ2n) is 7.03. The molecule has 0 aliphatic carbocycles. The number of nitrogens with zero attached hydrogens (tertiary/aromatic N) is 2. The van der Waals surface area contributed by atoms with Gasteiger partial charge in [-0.1, -0.05) is 12.1 Å². The van der Waals surface area contributed by atoms with E-state index in [1.54, 1.807) is 18.2 Å². The summed E-state index contributed by atoms with van der Waals surface area (Å²) in [7, 11) is 0. The van der Waals surface area contributed by atoms with Gasteiger partial charge >= 0.3 is 0 Å². The van der Waals surface area contributed by atoms with Crippen molar-refractivity contribution in [2.24, 2.45) is 11.5 Å². The lowest BCUT2D eigenvalue weighted by Crippen LogP contribution is -2.21. The Balaban J connectivity index is 1.80. The predicted molar refractivity (Wildman–Crippen MR) is 116 cm³/mol. The van der Waals surface area contributed by atoms with Crippen LogP contribution in [0.5, 0.6) is 17.4 Å². The fraction of sp³-hybridized carbons (Fsp3) is 0.174. The highest BCUT2D eigenvalue weighted by Crippen LogP contribution is 2.46. The van der Waals surface area contributed by atoms with Gasteiger partial charge in [-0.05, 0) is 48.9 Å². The molecule has 0 saturated carbocycles. The zero-order valence-electron chi connectivity index (χ0n) is 17.3. The summed E-state index contributed by atoms with van der Waals surface area (Å²) in [6.07, 6.45) is 0. The molecule has 2 heterocycles. The Bertz CT molecular complexity index is 1220. The number of H-pyrrole nitrogens is 1. The van der Waals surface area contributed by atoms with E-state index in [0.29, 0.717) is 29.5 Å². The molecule has 0 spiro atoms. The molecule has 1 unspecified atom stereocenters. The molecule has 1 aliphatic heterocycles. The van der Waals surface area contributed by atoms with E-state index in [1.807, 2.05) is 37.3 Å². The van der Waals surface area contributed by atoms with Crippen LogP contribution in [0.1, 0.15) is 24.0 Å². The van der Waals surface area contributed by atoms with Crippen LogP contribution < -0.4 is 25.7 Å². The Hall–Kier alpha value is -4.45. The Morgan fingerprint density at radius 2 is 2.00 bits per heavy atom. The molecule has 0 bridgehead atoms. The number of nitrogens with two attached hydrogens (primary N) is 2. The molecule has 3 aromatic rings. The van der Waals surface area contributed by atoms with E-state index >= 15 is 0 Å². The highest BCUT2D eigenvalue weighted by atomic mass is 16.5. The first-order valence-corrected chi connectivity index (χ1v) is 9.92. The third kappa shape index (κ3) is 3.94. The molecule has 0 saturated heterocycles. The van der Waals surface area contributed by atoms with E-state index in [1.165, 1.54) is 0 Å². The van der Waals surface area contributed by atoms with Crippen molar-refractivity contribution in [1.29, 1.82) is 5.26 Å². The Morgan fingerprint density at radius 1 is 1.22 bits per heavy atom. The molecule has 2 aromatic carbocycles. The first-order valence-electron chi connectivity index (χ1n) is 9.92. The number of hydrogen-bond acceptors (Lipinski definition) is 7. The van der Waals surface area contributed by atoms with E-state index in [9.17, 15) is 10.1 Å². The van der Waals surface area contributed by atoms with Crippen LogP contribution in [-0.2, 0) is 4.79 Å². The van der Waals surface area contributed by atoms with E-state index in [4.69, 9.17) is 25.7 Å². The molecule has 9 heteroatoms. The topological polar surface area (TPSA) is 149 Å². The number of nitrogens with one attached hydrogen (secondary N) is 1. The van der Waals surface area contributed by atoms with Gasteiger partial charge < -0.3 is 25.7 Å². The first-order chi connectivity index (χ1) is 15.5. The maximum absolute atomic E-state index is 11.1. The fourth-order valence-corrected chi connectivity index (χ4v) is 3.62. The molecule has 0 radical (unpaired) electrons. The zero-order chi connectivity index (χ0) is 22.7. The van der Waals surface area contributed by atoms with Crippen LogP contribution in [-0.4, -0.2) is 29.3 Å². The third-order valence-electron chi connectivity index (χ3n) is 4.97. The number of rotatable bonds is 7. The highest BCUT2D eigenvalue weighted by Gasteiger charge is 2.35. The second-order valence-corrected chi connectivity index (χ2v) is 7.03. The van der Waals surface area contributed by atoms with Crippen LogP contribution in [0.15, 0.2) is 60.0 Å². The van der Waals surface area contributed by atoms with Crippen molar-refractivity contribution in [2.45, 2.75) is 12.8 Å². The van der Waals surface area contributed by atoms with Crippen LogP contribution in [0, 0.1) is 11.3 Å². The number of ether oxygens (including phenoxy) is 3. The molecule has 0 fully saturated rings. The number of allylic oxidation sites excluding steroid dienone is 1. The van der Waals surface area contributed by atoms with Gasteiger partial charge in [-0.3, -0.25) is 9.89 Å². The quantitative estimate of drug-likeness (QED) is 0.520. The van der Waals surface area contributed by atoms with Gasteiger partial charge in [0.25, 0.3) is 5.91 Å². The summed E-state index contributed by atoms with van der Waals surface area (Å²) in [5.41, 5.74) is 14.4. The van der Waals surface area contributed by atoms with Crippen molar-refractivity contribution < 1.29 is 19.0 Å². The lowest BCUT2D eigenvalue weighted by molar-refractivity contribution is -0.119. The summed E-state index contributed by atoms with van der Waals surface area (Å²) in [6, 6.07) is 16.7. The fourth-order valence-electron chi connectivity index (χ4n) is 3.62. The molecule has 1 aromatic heterocycles. The van der Waals surface area contributed by atoms with Crippen LogP contribution in [0.2, 0.25) is 0 Å². The van der Waals surface area contributed by atoms with Gasteiger partial charge in [0.1, 0.15) is 23.1 Å². The van der Waals surface area contributed by atoms with Gasteiger partial charge in [0.15, 0.2) is 6.61 Å². The Labute approximate surface area is 184 Å². The summed E-state index contributed by atoms with van der Waals surface area (Å²) in [5.74, 6) is 0.325. The zero-order valence-corrected chi connectivity index (χ0v) is 17.3. The summed E-state index contributed by atoms with van der Waals surface area (Å²) in [4.78, 5) is 11.1. The standard InChI is InChI=1S/C23H21N5O4/c1-2-30-15-8-6-13(7-9-15)21-20-19(17(11-24)22(26)32-23(20)28-27-21)14-4-3-5-16(10-14)31-12-18(25)29/h3-10,19H,2,12,26H2,1H3,(H2,25,29)(H,27,28). The van der Waals surface area contributed by atoms with Gasteiger partial charge in [-0.25, -0.2) is 0 Å². The number of primary amides is 1. The number of carbonyl (C=O) groups excluding carboxylic acids is 1. The van der Waals surface area contributed by atoms with Crippen molar-refractivity contribution in [1.82, 2.24) is 10.2 Å². The molecule has 4 rings (SSSR count). The summed E-state index contributed by atoms with van der Waals surface area (Å²) < 4.78 is 16.6. The van der Waals surface area contributed by atoms with Crippen molar-refractivity contribution >= 4 is 5.91 Å². The third-order valence-corrected chi connectivity index (χ3v) is 4.97. The lowest BCUT2D eigenvalue weighted by Gasteiger charge is -2.24. The van der Waals surface area contributed by atoms with Crippen LogP contribution in [0.25, 0.3) is 11.3 Å². The van der Waals surface area contributed by atoms with E-state index in [0.717, 1.165) is 16.9 Å². The minimum Gasteiger partial charge on any atom is -0.494 e. The van der Waals surface area contributed by atoms with E-state index in [2.05, 4.69) is 16.3 Å². The van der Waals surface area contributed by atoms with Crippen LogP contribution in [0.4, 0.5) is 0 Å². The van der Waals surface area contributed by atoms with Gasteiger partial charge in [0.05, 0.1) is 23.8 Å². The Kier molecular flexibility index (Phi) is 5.68. The summed E-state index contributed by atoms with van der Waals surface area (Å²) in [6.45, 7) is 2.23. The van der Waals surface area contributed by atoms with Gasteiger partial charge in [-0.2, -0.15) is 5.26 Å². The van der Waals surface area contributed by atoms with Crippen molar-refractivity contribution in [3.63, 3.8) is 0 Å². The molecular formula is C23H21N5O4. The molecule has 1 aliphatic rings. The number of aromatic amines is 1. The lowest BCUT2D eigenvalue weighted by atomic mass is 9.83. The number of fused-ring (bicyclic) bond motifs is 1. The molecular weight excluding hydrogens is 410 g/mol. The molecule has 32 heavy (non-hydrogen) atoms. The van der Waals surface area contributed by atoms with Gasteiger partial charge in [0.2, 0.25) is 11.8 Å². The van der Waals surface area contributed by atoms with Crippen LogP contribution >= 0.6 is 0 Å². The normalized spacial score (nSPS) is 14.8. The summed E-state index contributed by atoms with van der Waals surface area (Å²) >= 11 is 0. The minimum atomic E-state index is -0.585. The SMILES string of the molecule is CCOc1ccc(-c2[nH]nc3c2C(c2cccc(OCC(N)=O)c2)C(C#N)=C(N)O3)cc1. The Morgan fingerprint density at radius 3 is 2.69 bits per heavy atom. The smallest absolute Gasteiger partial charge is 0.255 e. The monoisotopic (exact) mass is 431 g/mol. The second kappa shape index (κ2) is 8.73.